The number of hydrogen-bond acceptors (Lipinski definition) is 0. The quantitative estimate of drug-likeness (QED) is 0.335. The van der Waals surface area contributed by atoms with Crippen molar-refractivity contribution in [2.24, 2.45) is 0 Å². The minimum Gasteiger partial charge on any atom is -0.0829 e. The average molecular weight is 282 g/mol. The van der Waals surface area contributed by atoms with Gasteiger partial charge in [-0.25, -0.2) is 0 Å². The molecule has 0 bridgehead atoms. The highest BCUT2D eigenvalue weighted by atomic mass is 127. The smallest absolute Gasteiger partial charge is 0.00813 e. The van der Waals surface area contributed by atoms with Crippen molar-refractivity contribution in [2.45, 2.75) is 69.1 Å². The van der Waals surface area contributed by atoms with Gasteiger partial charge < -0.3 is 0 Å². The molecule has 0 aliphatic rings. The van der Waals surface area contributed by atoms with Crippen LogP contribution in [0.3, 0.4) is 0 Å². The third kappa shape index (κ3) is 10.7. The van der Waals surface area contributed by atoms with Gasteiger partial charge in [-0.1, -0.05) is 81.4 Å². The molecule has 0 rings (SSSR count). The van der Waals surface area contributed by atoms with Crippen molar-refractivity contribution in [3.8, 4) is 0 Å². The van der Waals surface area contributed by atoms with Gasteiger partial charge in [-0.3, -0.25) is 0 Å². The molecule has 0 saturated carbocycles. The van der Waals surface area contributed by atoms with E-state index >= 15 is 0 Å². The molecule has 1 unspecified atom stereocenters. The SMILES string of the molecule is CCCCCCCCCC(C)I. The van der Waals surface area contributed by atoms with Gasteiger partial charge >= 0.3 is 0 Å². The molecule has 12 heavy (non-hydrogen) atoms. The molecular weight excluding hydrogens is 259 g/mol. The molecule has 0 fully saturated rings. The van der Waals surface area contributed by atoms with Gasteiger partial charge in [-0.05, 0) is 6.42 Å². The summed E-state index contributed by atoms with van der Waals surface area (Å²) < 4.78 is 0.873. The minimum atomic E-state index is 0.873. The van der Waals surface area contributed by atoms with E-state index in [1.807, 2.05) is 0 Å². The van der Waals surface area contributed by atoms with Gasteiger partial charge in [0, 0.05) is 3.92 Å². The number of hydrogen-bond donors (Lipinski definition) is 0. The summed E-state index contributed by atoms with van der Waals surface area (Å²) in [6.45, 7) is 4.58. The van der Waals surface area contributed by atoms with Crippen LogP contribution in [0.4, 0.5) is 0 Å². The summed E-state index contributed by atoms with van der Waals surface area (Å²) in [5, 5.41) is 0. The maximum Gasteiger partial charge on any atom is 0.00813 e. The molecule has 74 valence electrons. The first-order valence-electron chi connectivity index (χ1n) is 5.41. The Morgan fingerprint density at radius 1 is 0.917 bits per heavy atom. The number of unbranched alkanes of at least 4 members (excludes halogenated alkanes) is 6. The normalized spacial score (nSPS) is 13.2. The van der Waals surface area contributed by atoms with E-state index in [0.29, 0.717) is 0 Å². The predicted octanol–water partition coefficient (Wildman–Crippen LogP) is 4.95. The lowest BCUT2D eigenvalue weighted by Gasteiger charge is -2.02. The van der Waals surface area contributed by atoms with Crippen molar-refractivity contribution in [1.82, 2.24) is 0 Å². The second-order valence-corrected chi connectivity index (χ2v) is 5.82. The van der Waals surface area contributed by atoms with E-state index in [1.54, 1.807) is 0 Å². The van der Waals surface area contributed by atoms with E-state index in [-0.39, 0.29) is 0 Å². The van der Waals surface area contributed by atoms with Crippen LogP contribution in [0.5, 0.6) is 0 Å². The fourth-order valence-corrected chi connectivity index (χ4v) is 1.82. The van der Waals surface area contributed by atoms with Crippen molar-refractivity contribution >= 4 is 22.6 Å². The molecule has 0 nitrogen and oxygen atoms in total. The Morgan fingerprint density at radius 3 is 1.92 bits per heavy atom. The van der Waals surface area contributed by atoms with Crippen LogP contribution in [0.25, 0.3) is 0 Å². The van der Waals surface area contributed by atoms with Crippen LogP contribution < -0.4 is 0 Å². The van der Waals surface area contributed by atoms with Gasteiger partial charge in [0.25, 0.3) is 0 Å². The first-order valence-corrected chi connectivity index (χ1v) is 6.66. The Bertz CT molecular complexity index is 79.1. The maximum atomic E-state index is 2.52. The zero-order chi connectivity index (χ0) is 9.23. The van der Waals surface area contributed by atoms with Crippen LogP contribution in [0.15, 0.2) is 0 Å². The standard InChI is InChI=1S/C11H23I/c1-3-4-5-6-7-8-9-10-11(2)12/h11H,3-10H2,1-2H3. The summed E-state index contributed by atoms with van der Waals surface area (Å²) in [5.41, 5.74) is 0. The molecule has 0 aliphatic carbocycles. The van der Waals surface area contributed by atoms with E-state index in [9.17, 15) is 0 Å². The number of halogens is 1. The molecule has 0 N–H and O–H groups in total. The number of alkyl halides is 1. The van der Waals surface area contributed by atoms with Crippen LogP contribution in [-0.2, 0) is 0 Å². The fourth-order valence-electron chi connectivity index (χ4n) is 1.38. The summed E-state index contributed by atoms with van der Waals surface area (Å²) in [5.74, 6) is 0. The molecule has 0 aromatic heterocycles. The molecule has 0 aromatic rings. The van der Waals surface area contributed by atoms with Crippen LogP contribution in [-0.4, -0.2) is 3.92 Å². The number of rotatable bonds is 8. The summed E-state index contributed by atoms with van der Waals surface area (Å²) in [4.78, 5) is 0. The molecule has 1 atom stereocenters. The molecule has 1 heteroatoms. The monoisotopic (exact) mass is 282 g/mol. The van der Waals surface area contributed by atoms with Gasteiger partial charge in [0.15, 0.2) is 0 Å². The molecule has 0 heterocycles. The lowest BCUT2D eigenvalue weighted by Crippen LogP contribution is -1.89. The van der Waals surface area contributed by atoms with Gasteiger partial charge in [-0.15, -0.1) is 0 Å². The summed E-state index contributed by atoms with van der Waals surface area (Å²) in [7, 11) is 0. The molecule has 0 aliphatic heterocycles. The second-order valence-electron chi connectivity index (χ2n) is 3.69. The fraction of sp³-hybridized carbons (Fsp3) is 1.00. The van der Waals surface area contributed by atoms with Gasteiger partial charge in [0.2, 0.25) is 0 Å². The van der Waals surface area contributed by atoms with Gasteiger partial charge in [0.1, 0.15) is 0 Å². The van der Waals surface area contributed by atoms with E-state index in [2.05, 4.69) is 36.4 Å². The van der Waals surface area contributed by atoms with Crippen molar-refractivity contribution in [3.05, 3.63) is 0 Å². The minimum absolute atomic E-state index is 0.873. The second kappa shape index (κ2) is 9.82. The first kappa shape index (κ1) is 12.7. The maximum absolute atomic E-state index is 2.52. The third-order valence-corrected chi connectivity index (χ3v) is 2.83. The van der Waals surface area contributed by atoms with Crippen LogP contribution >= 0.6 is 22.6 Å². The highest BCUT2D eigenvalue weighted by Gasteiger charge is 1.95. The highest BCUT2D eigenvalue weighted by Crippen LogP contribution is 2.12. The third-order valence-electron chi connectivity index (χ3n) is 2.21. The van der Waals surface area contributed by atoms with Crippen molar-refractivity contribution in [3.63, 3.8) is 0 Å². The first-order chi connectivity index (χ1) is 5.77. The van der Waals surface area contributed by atoms with Crippen molar-refractivity contribution in [1.29, 1.82) is 0 Å². The Labute approximate surface area is 91.7 Å². The van der Waals surface area contributed by atoms with E-state index in [4.69, 9.17) is 0 Å². The van der Waals surface area contributed by atoms with E-state index < -0.39 is 0 Å². The summed E-state index contributed by atoms with van der Waals surface area (Å²) in [6.07, 6.45) is 11.5. The predicted molar refractivity (Wildman–Crippen MR) is 66.1 cm³/mol. The van der Waals surface area contributed by atoms with Crippen LogP contribution in [0, 0.1) is 0 Å². The highest BCUT2D eigenvalue weighted by molar-refractivity contribution is 14.1. The molecule has 0 radical (unpaired) electrons. The van der Waals surface area contributed by atoms with Crippen molar-refractivity contribution in [2.75, 3.05) is 0 Å². The topological polar surface area (TPSA) is 0 Å². The zero-order valence-corrected chi connectivity index (χ0v) is 10.8. The van der Waals surface area contributed by atoms with E-state index in [1.165, 1.54) is 51.4 Å². The Hall–Kier alpha value is 0.730. The largest absolute Gasteiger partial charge is 0.0829 e. The summed E-state index contributed by atoms with van der Waals surface area (Å²) in [6, 6.07) is 0. The Morgan fingerprint density at radius 2 is 1.42 bits per heavy atom. The van der Waals surface area contributed by atoms with Gasteiger partial charge in [-0.2, -0.15) is 0 Å². The molecule has 0 saturated heterocycles. The average Bonchev–Trinajstić information content (AvgIpc) is 2.02. The lowest BCUT2D eigenvalue weighted by molar-refractivity contribution is 0.577. The van der Waals surface area contributed by atoms with E-state index in [0.717, 1.165) is 3.92 Å². The molecule has 0 amide bonds. The molecule has 0 spiro atoms. The zero-order valence-electron chi connectivity index (χ0n) is 8.61. The lowest BCUT2D eigenvalue weighted by atomic mass is 10.1. The van der Waals surface area contributed by atoms with Gasteiger partial charge in [0.05, 0.1) is 0 Å². The Kier molecular flexibility index (Phi) is 10.4. The molecular formula is C11H23I. The summed E-state index contributed by atoms with van der Waals surface area (Å²) >= 11 is 2.52. The molecule has 0 aromatic carbocycles. The van der Waals surface area contributed by atoms with Crippen LogP contribution in [0.1, 0.15) is 65.2 Å². The van der Waals surface area contributed by atoms with Crippen LogP contribution in [0.2, 0.25) is 0 Å². The van der Waals surface area contributed by atoms with Crippen molar-refractivity contribution < 1.29 is 0 Å². The Balaban J connectivity index is 2.82.